The molecule has 1 aliphatic heterocycles. The summed E-state index contributed by atoms with van der Waals surface area (Å²) < 4.78 is 46.1. The first-order chi connectivity index (χ1) is 14.8. The first-order valence-corrected chi connectivity index (χ1v) is 9.52. The molecule has 1 aliphatic rings. The van der Waals surface area contributed by atoms with Crippen LogP contribution in [-0.2, 0) is 28.8 Å². The van der Waals surface area contributed by atoms with Crippen molar-refractivity contribution in [3.63, 3.8) is 0 Å². The first kappa shape index (κ1) is 20.8. The zero-order valence-corrected chi connectivity index (χ0v) is 16.3. The Morgan fingerprint density at radius 2 is 2.00 bits per heavy atom. The Hall–Kier alpha value is -3.41. The Morgan fingerprint density at radius 3 is 2.74 bits per heavy atom. The van der Waals surface area contributed by atoms with E-state index in [4.69, 9.17) is 4.74 Å². The SMILES string of the molecule is O=C(Cn1nc2c(N3CCOCC3)nccn2c1=O)NCc1cccc(C(F)(F)F)c1. The molecule has 0 unspecified atom stereocenters. The summed E-state index contributed by atoms with van der Waals surface area (Å²) in [6, 6.07) is 4.68. The Morgan fingerprint density at radius 1 is 1.23 bits per heavy atom. The van der Waals surface area contributed by atoms with Gasteiger partial charge in [-0.3, -0.25) is 4.79 Å². The third-order valence-corrected chi connectivity index (χ3v) is 4.83. The van der Waals surface area contributed by atoms with Gasteiger partial charge in [0.1, 0.15) is 6.54 Å². The number of carbonyl (C=O) groups excluding carboxylic acids is 1. The average Bonchev–Trinajstić information content (AvgIpc) is 3.08. The molecule has 1 N–H and O–H groups in total. The lowest BCUT2D eigenvalue weighted by Gasteiger charge is -2.27. The third kappa shape index (κ3) is 4.53. The van der Waals surface area contributed by atoms with Gasteiger partial charge in [0.2, 0.25) is 11.6 Å². The number of carbonyl (C=O) groups is 1. The molecule has 3 aromatic rings. The zero-order chi connectivity index (χ0) is 22.0. The number of amides is 1. The lowest BCUT2D eigenvalue weighted by Crippen LogP contribution is -2.37. The van der Waals surface area contributed by atoms with Crippen LogP contribution in [0.25, 0.3) is 5.65 Å². The van der Waals surface area contributed by atoms with Crippen molar-refractivity contribution in [2.45, 2.75) is 19.3 Å². The highest BCUT2D eigenvalue weighted by Gasteiger charge is 2.30. The minimum absolute atomic E-state index is 0.106. The van der Waals surface area contributed by atoms with E-state index in [-0.39, 0.29) is 13.1 Å². The second kappa shape index (κ2) is 8.38. The second-order valence-electron chi connectivity index (χ2n) is 6.96. The highest BCUT2D eigenvalue weighted by atomic mass is 19.4. The monoisotopic (exact) mass is 436 g/mol. The van der Waals surface area contributed by atoms with Crippen LogP contribution < -0.4 is 15.9 Å². The van der Waals surface area contributed by atoms with E-state index < -0.39 is 23.3 Å². The van der Waals surface area contributed by atoms with Gasteiger partial charge in [-0.25, -0.2) is 18.9 Å². The number of nitrogens with zero attached hydrogens (tertiary/aromatic N) is 5. The maximum atomic E-state index is 12.8. The molecular formula is C19H19F3N6O3. The maximum absolute atomic E-state index is 12.8. The molecule has 4 rings (SSSR count). The molecule has 0 spiro atoms. The van der Waals surface area contributed by atoms with Crippen molar-refractivity contribution < 1.29 is 22.7 Å². The van der Waals surface area contributed by atoms with E-state index in [9.17, 15) is 22.8 Å². The molecule has 0 atom stereocenters. The number of benzene rings is 1. The number of anilines is 1. The second-order valence-corrected chi connectivity index (χ2v) is 6.96. The van der Waals surface area contributed by atoms with E-state index in [1.807, 2.05) is 4.90 Å². The smallest absolute Gasteiger partial charge is 0.378 e. The number of rotatable bonds is 5. The molecule has 0 saturated carbocycles. The summed E-state index contributed by atoms with van der Waals surface area (Å²) in [7, 11) is 0. The molecule has 1 fully saturated rings. The Labute approximate surface area is 174 Å². The number of fused-ring (bicyclic) bond motifs is 1. The van der Waals surface area contributed by atoms with Gasteiger partial charge < -0.3 is 15.0 Å². The number of halogens is 3. The molecule has 3 heterocycles. The van der Waals surface area contributed by atoms with Crippen molar-refractivity contribution in [3.05, 3.63) is 58.3 Å². The van der Waals surface area contributed by atoms with Gasteiger partial charge in [-0.1, -0.05) is 12.1 Å². The van der Waals surface area contributed by atoms with E-state index >= 15 is 0 Å². The Kier molecular flexibility index (Phi) is 5.63. The third-order valence-electron chi connectivity index (χ3n) is 4.83. The van der Waals surface area contributed by atoms with E-state index in [2.05, 4.69) is 15.4 Å². The van der Waals surface area contributed by atoms with Gasteiger partial charge >= 0.3 is 11.9 Å². The van der Waals surface area contributed by atoms with Gasteiger partial charge in [-0.2, -0.15) is 13.2 Å². The summed E-state index contributed by atoms with van der Waals surface area (Å²) in [4.78, 5) is 31.2. The lowest BCUT2D eigenvalue weighted by atomic mass is 10.1. The summed E-state index contributed by atoms with van der Waals surface area (Å²) in [5.41, 5.74) is -0.690. The topological polar surface area (TPSA) is 93.8 Å². The molecule has 0 bridgehead atoms. The standard InChI is InChI=1S/C19H19F3N6O3/c20-19(21,22)14-3-1-2-13(10-14)11-24-15(29)12-28-18(30)27-5-4-23-16(17(27)25-28)26-6-8-31-9-7-26/h1-5,10H,6-9,11-12H2,(H,24,29). The number of ether oxygens (including phenoxy) is 1. The summed E-state index contributed by atoms with van der Waals surface area (Å²) in [5, 5.41) is 6.76. The Bertz CT molecular complexity index is 1150. The normalized spacial score (nSPS) is 14.7. The van der Waals surface area contributed by atoms with E-state index in [1.165, 1.54) is 28.9 Å². The van der Waals surface area contributed by atoms with Crippen LogP contribution in [0.1, 0.15) is 11.1 Å². The molecule has 164 valence electrons. The zero-order valence-electron chi connectivity index (χ0n) is 16.3. The molecule has 9 nitrogen and oxygen atoms in total. The van der Waals surface area contributed by atoms with Crippen molar-refractivity contribution in [1.29, 1.82) is 0 Å². The van der Waals surface area contributed by atoms with Crippen LogP contribution in [0.5, 0.6) is 0 Å². The minimum atomic E-state index is -4.46. The van der Waals surface area contributed by atoms with Gasteiger partial charge in [0.15, 0.2) is 5.82 Å². The molecule has 1 saturated heterocycles. The Balaban J connectivity index is 1.48. The van der Waals surface area contributed by atoms with Crippen LogP contribution in [0, 0.1) is 0 Å². The molecule has 0 aliphatic carbocycles. The van der Waals surface area contributed by atoms with Crippen LogP contribution in [0.2, 0.25) is 0 Å². The quantitative estimate of drug-likeness (QED) is 0.643. The van der Waals surface area contributed by atoms with Crippen LogP contribution in [-0.4, -0.2) is 51.4 Å². The number of nitrogens with one attached hydrogen (secondary N) is 1. The van der Waals surface area contributed by atoms with Crippen LogP contribution in [0.15, 0.2) is 41.5 Å². The predicted molar refractivity (Wildman–Crippen MR) is 104 cm³/mol. The predicted octanol–water partition coefficient (Wildman–Crippen LogP) is 1.06. The molecule has 12 heteroatoms. The lowest BCUT2D eigenvalue weighted by molar-refractivity contribution is -0.137. The van der Waals surface area contributed by atoms with Crippen molar-refractivity contribution >= 4 is 17.4 Å². The summed E-state index contributed by atoms with van der Waals surface area (Å²) in [6.45, 7) is 1.79. The van der Waals surface area contributed by atoms with Gasteiger partial charge in [0.25, 0.3) is 0 Å². The van der Waals surface area contributed by atoms with E-state index in [0.717, 1.165) is 16.8 Å². The largest absolute Gasteiger partial charge is 0.416 e. The molecular weight excluding hydrogens is 417 g/mol. The number of morpholine rings is 1. The number of alkyl halides is 3. The van der Waals surface area contributed by atoms with Crippen molar-refractivity contribution in [3.8, 4) is 0 Å². The van der Waals surface area contributed by atoms with Gasteiger partial charge in [0, 0.05) is 32.0 Å². The van der Waals surface area contributed by atoms with Crippen LogP contribution >= 0.6 is 0 Å². The molecule has 1 amide bonds. The van der Waals surface area contributed by atoms with Gasteiger partial charge in [-0.05, 0) is 17.7 Å². The van der Waals surface area contributed by atoms with Crippen LogP contribution in [0.3, 0.4) is 0 Å². The fourth-order valence-corrected chi connectivity index (χ4v) is 3.29. The highest BCUT2D eigenvalue weighted by molar-refractivity contribution is 5.75. The first-order valence-electron chi connectivity index (χ1n) is 9.52. The summed E-state index contributed by atoms with van der Waals surface area (Å²) in [6.07, 6.45) is -1.51. The molecule has 1 aromatic carbocycles. The number of hydrogen-bond donors (Lipinski definition) is 1. The van der Waals surface area contributed by atoms with Gasteiger partial charge in [-0.15, -0.1) is 5.10 Å². The fraction of sp³-hybridized carbons (Fsp3) is 0.368. The summed E-state index contributed by atoms with van der Waals surface area (Å²) in [5.74, 6) is -0.0326. The summed E-state index contributed by atoms with van der Waals surface area (Å²) >= 11 is 0. The molecule has 0 radical (unpaired) electrons. The highest BCUT2D eigenvalue weighted by Crippen LogP contribution is 2.29. The van der Waals surface area contributed by atoms with Crippen molar-refractivity contribution in [2.24, 2.45) is 0 Å². The number of aromatic nitrogens is 4. The average molecular weight is 436 g/mol. The van der Waals surface area contributed by atoms with E-state index in [0.29, 0.717) is 43.3 Å². The van der Waals surface area contributed by atoms with Crippen LogP contribution in [0.4, 0.5) is 19.0 Å². The molecule has 2 aromatic heterocycles. The van der Waals surface area contributed by atoms with Crippen molar-refractivity contribution in [2.75, 3.05) is 31.2 Å². The van der Waals surface area contributed by atoms with Crippen molar-refractivity contribution in [1.82, 2.24) is 24.5 Å². The number of hydrogen-bond acceptors (Lipinski definition) is 6. The van der Waals surface area contributed by atoms with Gasteiger partial charge in [0.05, 0.1) is 18.8 Å². The molecule has 31 heavy (non-hydrogen) atoms. The van der Waals surface area contributed by atoms with E-state index in [1.54, 1.807) is 0 Å². The minimum Gasteiger partial charge on any atom is -0.378 e. The maximum Gasteiger partial charge on any atom is 0.416 e. The fourth-order valence-electron chi connectivity index (χ4n) is 3.29.